The summed E-state index contributed by atoms with van der Waals surface area (Å²) in [6, 6.07) is 8.25. The quantitative estimate of drug-likeness (QED) is 0.638. The lowest BCUT2D eigenvalue weighted by atomic mass is 10.1. The molecule has 0 unspecified atom stereocenters. The van der Waals surface area contributed by atoms with E-state index >= 15 is 0 Å². The van der Waals surface area contributed by atoms with Gasteiger partial charge in [-0.25, -0.2) is 4.98 Å². The molecule has 0 amide bonds. The van der Waals surface area contributed by atoms with Crippen molar-refractivity contribution in [3.8, 4) is 0 Å². The lowest BCUT2D eigenvalue weighted by Crippen LogP contribution is -1.97. The van der Waals surface area contributed by atoms with Crippen molar-refractivity contribution in [2.24, 2.45) is 5.73 Å². The summed E-state index contributed by atoms with van der Waals surface area (Å²) in [5.41, 5.74) is 7.72. The second-order valence-corrected chi connectivity index (χ2v) is 5.57. The van der Waals surface area contributed by atoms with Crippen molar-refractivity contribution in [2.75, 3.05) is 6.54 Å². The number of nitrogens with zero attached hydrogens (tertiary/aromatic N) is 1. The fourth-order valence-corrected chi connectivity index (χ4v) is 2.62. The van der Waals surface area contributed by atoms with E-state index in [0.29, 0.717) is 0 Å². The average Bonchev–Trinajstić information content (AvgIpc) is 2.88. The number of H-pyrrole nitrogens is 1. The van der Waals surface area contributed by atoms with Crippen LogP contribution in [0.25, 0.3) is 11.0 Å². The lowest BCUT2D eigenvalue weighted by molar-refractivity contribution is 0.567. The summed E-state index contributed by atoms with van der Waals surface area (Å²) in [7, 11) is 0. The Bertz CT molecular complexity index is 457. The van der Waals surface area contributed by atoms with E-state index in [2.05, 4.69) is 28.2 Å². The third kappa shape index (κ3) is 4.97. The summed E-state index contributed by atoms with van der Waals surface area (Å²) in [6.07, 6.45) is 11.5. The minimum atomic E-state index is 0.845. The van der Waals surface area contributed by atoms with Crippen LogP contribution >= 0.6 is 0 Å². The van der Waals surface area contributed by atoms with Gasteiger partial charge in [0.25, 0.3) is 0 Å². The van der Waals surface area contributed by atoms with E-state index < -0.39 is 0 Å². The second kappa shape index (κ2) is 8.75. The summed E-state index contributed by atoms with van der Waals surface area (Å²) in [4.78, 5) is 8.01. The highest BCUT2D eigenvalue weighted by atomic mass is 14.9. The maximum absolute atomic E-state index is 5.48. The first kappa shape index (κ1) is 15.0. The number of benzene rings is 1. The molecule has 0 saturated carbocycles. The number of aromatic nitrogens is 2. The van der Waals surface area contributed by atoms with E-state index in [9.17, 15) is 0 Å². The van der Waals surface area contributed by atoms with Gasteiger partial charge < -0.3 is 10.7 Å². The van der Waals surface area contributed by atoms with E-state index in [1.165, 1.54) is 51.4 Å². The molecule has 0 aliphatic heterocycles. The molecule has 0 fully saturated rings. The zero-order valence-electron chi connectivity index (χ0n) is 12.4. The van der Waals surface area contributed by atoms with Crippen molar-refractivity contribution in [3.05, 3.63) is 30.1 Å². The number of unbranched alkanes of at least 4 members (excludes halogenated alkanes) is 7. The first-order chi connectivity index (χ1) is 9.90. The number of hydrogen-bond donors (Lipinski definition) is 2. The Kier molecular flexibility index (Phi) is 6.58. The molecule has 0 bridgehead atoms. The maximum atomic E-state index is 5.48. The number of nitrogens with one attached hydrogen (secondary N) is 1. The van der Waals surface area contributed by atoms with Crippen LogP contribution in [0.4, 0.5) is 0 Å². The number of aryl methyl sites for hydroxylation is 1. The van der Waals surface area contributed by atoms with Crippen LogP contribution in [0.5, 0.6) is 0 Å². The Labute approximate surface area is 122 Å². The Morgan fingerprint density at radius 1 is 0.850 bits per heavy atom. The molecular weight excluding hydrogens is 246 g/mol. The molecule has 1 heterocycles. The Hall–Kier alpha value is -1.35. The molecule has 1 aromatic heterocycles. The fourth-order valence-electron chi connectivity index (χ4n) is 2.62. The van der Waals surface area contributed by atoms with E-state index in [-0.39, 0.29) is 0 Å². The molecule has 3 heteroatoms. The summed E-state index contributed by atoms with van der Waals surface area (Å²) >= 11 is 0. The molecule has 1 aromatic carbocycles. The van der Waals surface area contributed by atoms with Gasteiger partial charge in [-0.1, -0.05) is 50.7 Å². The number of nitrogens with two attached hydrogens (primary N) is 1. The third-order valence-electron chi connectivity index (χ3n) is 3.81. The van der Waals surface area contributed by atoms with Gasteiger partial charge >= 0.3 is 0 Å². The van der Waals surface area contributed by atoms with Gasteiger partial charge in [0.2, 0.25) is 0 Å². The van der Waals surface area contributed by atoms with E-state index in [1.807, 2.05) is 6.07 Å². The molecule has 0 aliphatic rings. The molecule has 2 aromatic rings. The zero-order valence-corrected chi connectivity index (χ0v) is 12.4. The molecule has 0 saturated heterocycles. The molecule has 2 rings (SSSR count). The molecule has 110 valence electrons. The summed E-state index contributed by atoms with van der Waals surface area (Å²) in [5, 5.41) is 0. The van der Waals surface area contributed by atoms with E-state index in [0.717, 1.165) is 29.8 Å². The van der Waals surface area contributed by atoms with Crippen LogP contribution in [0.2, 0.25) is 0 Å². The number of hydrogen-bond acceptors (Lipinski definition) is 2. The van der Waals surface area contributed by atoms with Crippen molar-refractivity contribution >= 4 is 11.0 Å². The first-order valence-electron chi connectivity index (χ1n) is 8.04. The summed E-state index contributed by atoms with van der Waals surface area (Å²) < 4.78 is 0. The van der Waals surface area contributed by atoms with E-state index in [4.69, 9.17) is 5.73 Å². The number of imidazole rings is 1. The van der Waals surface area contributed by atoms with Crippen molar-refractivity contribution < 1.29 is 0 Å². The SMILES string of the molecule is NCCCCCCCCCCc1nc2ccccc2[nH]1. The van der Waals surface area contributed by atoms with Crippen LogP contribution in [-0.4, -0.2) is 16.5 Å². The topological polar surface area (TPSA) is 54.7 Å². The van der Waals surface area contributed by atoms with Crippen molar-refractivity contribution in [2.45, 2.75) is 57.8 Å². The molecule has 0 aliphatic carbocycles. The van der Waals surface area contributed by atoms with Gasteiger partial charge in [0.05, 0.1) is 11.0 Å². The van der Waals surface area contributed by atoms with E-state index in [1.54, 1.807) is 0 Å². The van der Waals surface area contributed by atoms with Crippen LogP contribution in [0, 0.1) is 0 Å². The van der Waals surface area contributed by atoms with Crippen LogP contribution in [0.3, 0.4) is 0 Å². The number of aromatic amines is 1. The minimum Gasteiger partial charge on any atom is -0.342 e. The zero-order chi connectivity index (χ0) is 14.0. The van der Waals surface area contributed by atoms with Gasteiger partial charge in [-0.05, 0) is 31.5 Å². The van der Waals surface area contributed by atoms with Crippen LogP contribution in [0.1, 0.15) is 57.2 Å². The normalized spacial score (nSPS) is 11.2. The predicted octanol–water partition coefficient (Wildman–Crippen LogP) is 4.18. The molecular formula is C17H27N3. The standard InChI is InChI=1S/C17H27N3/c18-14-10-6-4-2-1-3-5-7-13-17-19-15-11-8-9-12-16(15)20-17/h8-9,11-12H,1-7,10,13-14,18H2,(H,19,20). The van der Waals surface area contributed by atoms with Crippen molar-refractivity contribution in [1.82, 2.24) is 9.97 Å². The second-order valence-electron chi connectivity index (χ2n) is 5.57. The Morgan fingerprint density at radius 3 is 2.20 bits per heavy atom. The highest BCUT2D eigenvalue weighted by Crippen LogP contribution is 2.13. The van der Waals surface area contributed by atoms with Gasteiger partial charge in [-0.3, -0.25) is 0 Å². The number of para-hydroxylation sites is 2. The van der Waals surface area contributed by atoms with Crippen LogP contribution in [0.15, 0.2) is 24.3 Å². The van der Waals surface area contributed by atoms with Gasteiger partial charge in [-0.2, -0.15) is 0 Å². The monoisotopic (exact) mass is 273 g/mol. The third-order valence-corrected chi connectivity index (χ3v) is 3.81. The van der Waals surface area contributed by atoms with Gasteiger partial charge in [-0.15, -0.1) is 0 Å². The van der Waals surface area contributed by atoms with Crippen molar-refractivity contribution in [1.29, 1.82) is 0 Å². The summed E-state index contributed by atoms with van der Waals surface area (Å²) in [5.74, 6) is 1.13. The molecule has 3 N–H and O–H groups in total. The predicted molar refractivity (Wildman–Crippen MR) is 85.8 cm³/mol. The molecule has 0 radical (unpaired) electrons. The van der Waals surface area contributed by atoms with Crippen molar-refractivity contribution in [3.63, 3.8) is 0 Å². The largest absolute Gasteiger partial charge is 0.342 e. The highest BCUT2D eigenvalue weighted by molar-refractivity contribution is 5.74. The number of fused-ring (bicyclic) bond motifs is 1. The van der Waals surface area contributed by atoms with Crippen LogP contribution < -0.4 is 5.73 Å². The highest BCUT2D eigenvalue weighted by Gasteiger charge is 2.01. The average molecular weight is 273 g/mol. The van der Waals surface area contributed by atoms with Crippen LogP contribution in [-0.2, 0) is 6.42 Å². The van der Waals surface area contributed by atoms with Gasteiger partial charge in [0.1, 0.15) is 5.82 Å². The lowest BCUT2D eigenvalue weighted by Gasteiger charge is -2.01. The molecule has 0 spiro atoms. The maximum Gasteiger partial charge on any atom is 0.107 e. The Balaban J connectivity index is 1.55. The van der Waals surface area contributed by atoms with Gasteiger partial charge in [0, 0.05) is 6.42 Å². The molecule has 20 heavy (non-hydrogen) atoms. The number of rotatable bonds is 10. The molecule has 0 atom stereocenters. The Morgan fingerprint density at radius 2 is 1.50 bits per heavy atom. The smallest absolute Gasteiger partial charge is 0.107 e. The minimum absolute atomic E-state index is 0.845. The summed E-state index contributed by atoms with van der Waals surface area (Å²) in [6.45, 7) is 0.845. The fraction of sp³-hybridized carbons (Fsp3) is 0.588. The van der Waals surface area contributed by atoms with Gasteiger partial charge in [0.15, 0.2) is 0 Å². The molecule has 3 nitrogen and oxygen atoms in total. The first-order valence-corrected chi connectivity index (χ1v) is 8.04.